The zero-order valence-corrected chi connectivity index (χ0v) is 12.1. The minimum Gasteiger partial charge on any atom is -0.479 e. The van der Waals surface area contributed by atoms with Crippen LogP contribution in [0.3, 0.4) is 0 Å². The number of hydrogen-bond donors (Lipinski definition) is 1. The third-order valence-corrected chi connectivity index (χ3v) is 3.65. The summed E-state index contributed by atoms with van der Waals surface area (Å²) in [7, 11) is 0. The van der Waals surface area contributed by atoms with Gasteiger partial charge < -0.3 is 5.11 Å². The highest BCUT2D eigenvalue weighted by molar-refractivity contribution is 5.76. The van der Waals surface area contributed by atoms with Crippen LogP contribution in [0.1, 0.15) is 65.1 Å². The van der Waals surface area contributed by atoms with E-state index >= 15 is 0 Å². The average Bonchev–Trinajstić information content (AvgIpc) is 2.86. The fourth-order valence-corrected chi connectivity index (χ4v) is 2.02. The van der Waals surface area contributed by atoms with Gasteiger partial charge in [0.25, 0.3) is 0 Å². The number of hydrogen-bond acceptors (Lipinski definition) is 4. The molecule has 0 bridgehead atoms. The van der Waals surface area contributed by atoms with Crippen LogP contribution >= 0.6 is 0 Å². The molecular formula is C13H24N4O2. The summed E-state index contributed by atoms with van der Waals surface area (Å²) in [4.78, 5) is 11.4. The first-order valence-corrected chi connectivity index (χ1v) is 7.07. The number of aromatic nitrogens is 4. The molecule has 0 saturated heterocycles. The predicted molar refractivity (Wildman–Crippen MR) is 71.9 cm³/mol. The van der Waals surface area contributed by atoms with Gasteiger partial charge in [0, 0.05) is 6.42 Å². The van der Waals surface area contributed by atoms with E-state index in [9.17, 15) is 9.90 Å². The highest BCUT2D eigenvalue weighted by atomic mass is 16.4. The third-order valence-electron chi connectivity index (χ3n) is 3.65. The molecule has 6 nitrogen and oxygen atoms in total. The SMILES string of the molecule is CCCCCCCc1nnnn1C(C)(CC)C(=O)O. The highest BCUT2D eigenvalue weighted by Gasteiger charge is 2.36. The second-order valence-electron chi connectivity index (χ2n) is 5.10. The van der Waals surface area contributed by atoms with Crippen molar-refractivity contribution in [1.82, 2.24) is 20.2 Å². The average molecular weight is 268 g/mol. The Hall–Kier alpha value is -1.46. The fraction of sp³-hybridized carbons (Fsp3) is 0.846. The van der Waals surface area contributed by atoms with E-state index in [1.807, 2.05) is 6.92 Å². The Balaban J connectivity index is 2.67. The first-order valence-electron chi connectivity index (χ1n) is 7.07. The Labute approximate surface area is 114 Å². The number of carboxylic acid groups (broad SMARTS) is 1. The van der Waals surface area contributed by atoms with Gasteiger partial charge in [0.2, 0.25) is 0 Å². The van der Waals surface area contributed by atoms with E-state index in [1.165, 1.54) is 23.9 Å². The van der Waals surface area contributed by atoms with Gasteiger partial charge >= 0.3 is 5.97 Å². The molecule has 0 saturated carbocycles. The summed E-state index contributed by atoms with van der Waals surface area (Å²) in [5.74, 6) is -0.224. The van der Waals surface area contributed by atoms with Gasteiger partial charge in [0.1, 0.15) is 0 Å². The number of rotatable bonds is 9. The summed E-state index contributed by atoms with van der Waals surface area (Å²) in [5.41, 5.74) is -1.05. The molecule has 1 unspecified atom stereocenters. The lowest BCUT2D eigenvalue weighted by atomic mass is 9.99. The predicted octanol–water partition coefficient (Wildman–Crippen LogP) is 2.40. The maximum Gasteiger partial charge on any atom is 0.331 e. The third kappa shape index (κ3) is 3.75. The number of tetrazole rings is 1. The summed E-state index contributed by atoms with van der Waals surface area (Å²) in [6.45, 7) is 5.67. The lowest BCUT2D eigenvalue weighted by molar-refractivity contribution is -0.147. The molecule has 1 atom stereocenters. The van der Waals surface area contributed by atoms with E-state index in [2.05, 4.69) is 22.4 Å². The summed E-state index contributed by atoms with van der Waals surface area (Å²) in [6, 6.07) is 0. The fourth-order valence-electron chi connectivity index (χ4n) is 2.02. The topological polar surface area (TPSA) is 80.9 Å². The standard InChI is InChI=1S/C13H24N4O2/c1-4-6-7-8-9-10-11-14-15-16-17(11)13(3,5-2)12(18)19/h4-10H2,1-3H3,(H,18,19). The Morgan fingerprint density at radius 2 is 1.95 bits per heavy atom. The van der Waals surface area contributed by atoms with Crippen LogP contribution < -0.4 is 0 Å². The minimum atomic E-state index is -1.05. The maximum absolute atomic E-state index is 11.4. The minimum absolute atomic E-state index is 0.455. The van der Waals surface area contributed by atoms with Crippen LogP contribution in [0.5, 0.6) is 0 Å². The first kappa shape index (κ1) is 15.6. The highest BCUT2D eigenvalue weighted by Crippen LogP contribution is 2.21. The number of aryl methyl sites for hydroxylation is 1. The molecule has 0 aliphatic carbocycles. The monoisotopic (exact) mass is 268 g/mol. The molecule has 0 radical (unpaired) electrons. The molecule has 0 amide bonds. The van der Waals surface area contributed by atoms with Crippen molar-refractivity contribution >= 4 is 5.97 Å². The molecule has 108 valence electrons. The van der Waals surface area contributed by atoms with Gasteiger partial charge in [-0.05, 0) is 30.2 Å². The van der Waals surface area contributed by atoms with Gasteiger partial charge in [0.05, 0.1) is 0 Å². The van der Waals surface area contributed by atoms with Crippen LogP contribution in [-0.4, -0.2) is 31.3 Å². The van der Waals surface area contributed by atoms with Crippen LogP contribution in [0.25, 0.3) is 0 Å². The van der Waals surface area contributed by atoms with Crippen LogP contribution in [0.2, 0.25) is 0 Å². The molecule has 1 rings (SSSR count). The summed E-state index contributed by atoms with van der Waals surface area (Å²) < 4.78 is 1.47. The lowest BCUT2D eigenvalue weighted by Gasteiger charge is -2.23. The molecule has 0 fully saturated rings. The van der Waals surface area contributed by atoms with Crippen molar-refractivity contribution in [2.75, 3.05) is 0 Å². The van der Waals surface area contributed by atoms with Crippen molar-refractivity contribution in [3.8, 4) is 0 Å². The molecule has 0 aliphatic heterocycles. The van der Waals surface area contributed by atoms with Crippen LogP contribution in [0, 0.1) is 0 Å². The number of nitrogens with zero attached hydrogens (tertiary/aromatic N) is 4. The number of unbranched alkanes of at least 4 members (excludes halogenated alkanes) is 4. The summed E-state index contributed by atoms with van der Waals surface area (Å²) in [6.07, 6.45) is 6.99. The molecular weight excluding hydrogens is 244 g/mol. The van der Waals surface area contributed by atoms with Crippen molar-refractivity contribution in [3.05, 3.63) is 5.82 Å². The molecule has 1 heterocycles. The van der Waals surface area contributed by atoms with Crippen molar-refractivity contribution in [1.29, 1.82) is 0 Å². The van der Waals surface area contributed by atoms with Crippen LogP contribution in [0.15, 0.2) is 0 Å². The van der Waals surface area contributed by atoms with Crippen molar-refractivity contribution in [2.24, 2.45) is 0 Å². The van der Waals surface area contributed by atoms with Gasteiger partial charge in [-0.2, -0.15) is 0 Å². The quantitative estimate of drug-likeness (QED) is 0.695. The van der Waals surface area contributed by atoms with Gasteiger partial charge in [-0.3, -0.25) is 0 Å². The zero-order valence-electron chi connectivity index (χ0n) is 12.1. The Morgan fingerprint density at radius 3 is 2.53 bits per heavy atom. The van der Waals surface area contributed by atoms with Gasteiger partial charge in [-0.25, -0.2) is 9.48 Å². The largest absolute Gasteiger partial charge is 0.479 e. The first-order chi connectivity index (χ1) is 9.06. The summed E-state index contributed by atoms with van der Waals surface area (Å²) in [5, 5.41) is 20.8. The Kier molecular flexibility index (Phi) is 5.92. The van der Waals surface area contributed by atoms with Crippen LogP contribution in [-0.2, 0) is 16.8 Å². The number of carbonyl (C=O) groups is 1. The van der Waals surface area contributed by atoms with E-state index in [0.29, 0.717) is 12.2 Å². The number of carboxylic acids is 1. The van der Waals surface area contributed by atoms with E-state index in [1.54, 1.807) is 6.92 Å². The van der Waals surface area contributed by atoms with Crippen molar-refractivity contribution < 1.29 is 9.90 Å². The molecule has 1 aromatic heterocycles. The molecule has 1 aromatic rings. The van der Waals surface area contributed by atoms with Gasteiger partial charge in [0.15, 0.2) is 11.4 Å². The van der Waals surface area contributed by atoms with Crippen molar-refractivity contribution in [2.45, 2.75) is 71.3 Å². The molecule has 6 heteroatoms. The molecule has 0 spiro atoms. The van der Waals surface area contributed by atoms with E-state index in [0.717, 1.165) is 19.3 Å². The van der Waals surface area contributed by atoms with E-state index in [-0.39, 0.29) is 0 Å². The Morgan fingerprint density at radius 1 is 1.26 bits per heavy atom. The molecule has 0 aromatic carbocycles. The lowest BCUT2D eigenvalue weighted by Crippen LogP contribution is -2.40. The normalized spacial score (nSPS) is 14.3. The molecule has 19 heavy (non-hydrogen) atoms. The van der Waals surface area contributed by atoms with Gasteiger partial charge in [-0.1, -0.05) is 39.5 Å². The zero-order chi connectivity index (χ0) is 14.3. The van der Waals surface area contributed by atoms with E-state index in [4.69, 9.17) is 0 Å². The molecule has 0 aliphatic rings. The molecule has 1 N–H and O–H groups in total. The smallest absolute Gasteiger partial charge is 0.331 e. The summed E-state index contributed by atoms with van der Waals surface area (Å²) >= 11 is 0. The van der Waals surface area contributed by atoms with E-state index < -0.39 is 11.5 Å². The van der Waals surface area contributed by atoms with Crippen LogP contribution in [0.4, 0.5) is 0 Å². The van der Waals surface area contributed by atoms with Crippen molar-refractivity contribution in [3.63, 3.8) is 0 Å². The maximum atomic E-state index is 11.4. The Bertz CT molecular complexity index is 405. The number of aliphatic carboxylic acids is 1. The second kappa shape index (κ2) is 7.21. The second-order valence-corrected chi connectivity index (χ2v) is 5.10. The van der Waals surface area contributed by atoms with Gasteiger partial charge in [-0.15, -0.1) is 5.10 Å².